The van der Waals surface area contributed by atoms with Crippen LogP contribution in [0.25, 0.3) is 0 Å². The number of allylic oxidation sites excluding steroid dienone is 1. The van der Waals surface area contributed by atoms with Crippen LogP contribution in [0.5, 0.6) is 0 Å². The molecule has 2 aromatic carbocycles. The minimum atomic E-state index is -1.34. The predicted octanol–water partition coefficient (Wildman–Crippen LogP) is 4.33. The van der Waals surface area contributed by atoms with Crippen LogP contribution in [0.1, 0.15) is 48.5 Å². The number of nitrogens with zero attached hydrogens (tertiary/aromatic N) is 2. The van der Waals surface area contributed by atoms with E-state index < -0.39 is 53.6 Å². The van der Waals surface area contributed by atoms with Crippen LogP contribution in [0.4, 0.5) is 5.69 Å². The molecule has 5 rings (SSSR count). The van der Waals surface area contributed by atoms with Gasteiger partial charge in [-0.1, -0.05) is 70.5 Å². The number of alkyl halides is 1. The number of hydrogen-bond donors (Lipinski definition) is 2. The van der Waals surface area contributed by atoms with Gasteiger partial charge >= 0.3 is 5.97 Å². The summed E-state index contributed by atoms with van der Waals surface area (Å²) in [4.78, 5) is 59.6. The van der Waals surface area contributed by atoms with Crippen molar-refractivity contribution in [3.63, 3.8) is 0 Å². The van der Waals surface area contributed by atoms with Crippen LogP contribution in [0.15, 0.2) is 73.8 Å². The summed E-state index contributed by atoms with van der Waals surface area (Å²) in [6.07, 6.45) is 2.80. The monoisotopic (exact) mass is 765 g/mol. The first kappa shape index (κ1) is 38.4. The first-order valence-corrected chi connectivity index (χ1v) is 18.3. The third-order valence-electron chi connectivity index (χ3n) is 10.1. The van der Waals surface area contributed by atoms with Crippen LogP contribution in [0.3, 0.4) is 0 Å². The Morgan fingerprint density at radius 3 is 2.59 bits per heavy atom. The predicted molar refractivity (Wildman–Crippen MR) is 196 cm³/mol. The third-order valence-corrected chi connectivity index (χ3v) is 10.9. The van der Waals surface area contributed by atoms with Crippen LogP contribution in [-0.2, 0) is 33.4 Å². The molecule has 2 N–H and O–H groups in total. The topological polar surface area (TPSA) is 135 Å². The lowest BCUT2D eigenvalue weighted by atomic mass is 9.70. The maximum Gasteiger partial charge on any atom is 0.313 e. The number of aliphatic hydroxyl groups is 1. The Morgan fingerprint density at radius 2 is 1.92 bits per heavy atom. The molecular formula is C39H48BrN3O8. The van der Waals surface area contributed by atoms with Crippen molar-refractivity contribution in [2.24, 2.45) is 11.8 Å². The van der Waals surface area contributed by atoms with Gasteiger partial charge in [0, 0.05) is 43.7 Å². The number of aryl methyl sites for hydroxylation is 2. The lowest BCUT2D eigenvalue weighted by Gasteiger charge is -2.37. The third kappa shape index (κ3) is 7.55. The fourth-order valence-corrected chi connectivity index (χ4v) is 8.82. The lowest BCUT2D eigenvalue weighted by molar-refractivity contribution is -0.163. The van der Waals surface area contributed by atoms with E-state index in [4.69, 9.17) is 14.2 Å². The Kier molecular flexibility index (Phi) is 12.5. The molecule has 0 aliphatic carbocycles. The zero-order chi connectivity index (χ0) is 36.9. The Labute approximate surface area is 308 Å². The smallest absolute Gasteiger partial charge is 0.313 e. The normalized spacial score (nSPS) is 25.9. The maximum atomic E-state index is 14.9. The number of nitrogens with one attached hydrogen (secondary N) is 1. The van der Waals surface area contributed by atoms with Gasteiger partial charge < -0.3 is 34.4 Å². The highest BCUT2D eigenvalue weighted by atomic mass is 79.9. The highest BCUT2D eigenvalue weighted by Crippen LogP contribution is 2.60. The summed E-state index contributed by atoms with van der Waals surface area (Å²) >= 11 is 3.73. The van der Waals surface area contributed by atoms with Gasteiger partial charge in [0.1, 0.15) is 17.7 Å². The molecule has 12 heteroatoms. The number of anilines is 1. The van der Waals surface area contributed by atoms with Gasteiger partial charge in [0.2, 0.25) is 11.8 Å². The van der Waals surface area contributed by atoms with E-state index in [0.717, 1.165) is 11.1 Å². The largest absolute Gasteiger partial charge is 0.455 e. The van der Waals surface area contributed by atoms with Crippen LogP contribution in [0, 0.1) is 25.7 Å². The number of carbonyl (C=O) groups is 4. The summed E-state index contributed by atoms with van der Waals surface area (Å²) in [5.41, 5.74) is 1.83. The number of halogens is 1. The van der Waals surface area contributed by atoms with Crippen molar-refractivity contribution in [3.8, 4) is 0 Å². The number of aliphatic hydroxyl groups excluding tert-OH is 1. The summed E-state index contributed by atoms with van der Waals surface area (Å²) in [5.74, 6) is -3.74. The second-order valence-corrected chi connectivity index (χ2v) is 14.7. The van der Waals surface area contributed by atoms with Gasteiger partial charge in [-0.15, -0.1) is 13.2 Å². The van der Waals surface area contributed by atoms with Crippen LogP contribution in [-0.4, -0.2) is 95.7 Å². The van der Waals surface area contributed by atoms with E-state index in [0.29, 0.717) is 24.1 Å². The Balaban J connectivity index is 1.53. The van der Waals surface area contributed by atoms with Crippen LogP contribution in [0.2, 0.25) is 0 Å². The van der Waals surface area contributed by atoms with Crippen molar-refractivity contribution >= 4 is 45.3 Å². The first-order chi connectivity index (χ1) is 24.5. The fourth-order valence-electron chi connectivity index (χ4n) is 7.88. The molecular weight excluding hydrogens is 718 g/mol. The van der Waals surface area contributed by atoms with Gasteiger partial charge in [0.05, 0.1) is 30.6 Å². The molecule has 1 spiro atoms. The highest BCUT2D eigenvalue weighted by molar-refractivity contribution is 9.09. The van der Waals surface area contributed by atoms with E-state index in [-0.39, 0.29) is 55.8 Å². The summed E-state index contributed by atoms with van der Waals surface area (Å²) in [5, 5.41) is 12.8. The Bertz CT molecular complexity index is 1620. The minimum absolute atomic E-state index is 0.0493. The van der Waals surface area contributed by atoms with Gasteiger partial charge in [0.15, 0.2) is 0 Å². The average Bonchev–Trinajstić information content (AvgIpc) is 3.71. The molecule has 0 aromatic heterocycles. The van der Waals surface area contributed by atoms with E-state index in [2.05, 4.69) is 34.4 Å². The number of ether oxygens (including phenoxy) is 3. The van der Waals surface area contributed by atoms with Crippen molar-refractivity contribution in [1.82, 2.24) is 10.2 Å². The SMILES string of the molecule is C=CCCC(=O)N[C@H](COC)[C@H](OC(=O)[C@H]1[C@@H]2O[C@@]3(CC2Br)[C@@H]1C(=O)N(CCCO)[C@@H]3C(=O)N(CC=C)c1cc(C)ccc1C)c1ccccc1. The average molecular weight is 767 g/mol. The van der Waals surface area contributed by atoms with Gasteiger partial charge in [-0.25, -0.2) is 0 Å². The zero-order valence-corrected chi connectivity index (χ0v) is 31.0. The molecule has 3 heterocycles. The van der Waals surface area contributed by atoms with Crippen molar-refractivity contribution in [2.75, 3.05) is 38.3 Å². The van der Waals surface area contributed by atoms with Crippen molar-refractivity contribution < 1.29 is 38.5 Å². The second kappa shape index (κ2) is 16.7. The number of rotatable bonds is 17. The molecule has 3 saturated heterocycles. The van der Waals surface area contributed by atoms with E-state index in [1.54, 1.807) is 29.2 Å². The van der Waals surface area contributed by atoms with Crippen molar-refractivity contribution in [3.05, 3.63) is 90.5 Å². The molecule has 8 atom stereocenters. The number of amides is 3. The van der Waals surface area contributed by atoms with E-state index in [1.165, 1.54) is 12.0 Å². The van der Waals surface area contributed by atoms with Crippen molar-refractivity contribution in [2.45, 2.75) is 74.3 Å². The van der Waals surface area contributed by atoms with Gasteiger partial charge in [-0.05, 0) is 55.9 Å². The standard InChI is InChI=1S/C39H48BrN3O8/c1-6-8-15-30(45)41-28(23-49-5)33(26-13-10-9-11-14-26)50-38(48)31-32-36(46)43(19-12-20-44)35(39(32)22-27(40)34(31)51-39)37(47)42(18-7-2)29-21-24(3)16-17-25(29)4/h6-7,9-11,13-14,16-17,21,27-28,31-35,44H,1-2,8,12,15,18-20,22-23H2,3-5H3,(H,41,45)/t27?,28-,31-,32+,33-,34-,35-,39+/m1/s1. The number of methoxy groups -OCH3 is 1. The number of hydrogen-bond acceptors (Lipinski definition) is 8. The molecule has 3 aliphatic rings. The summed E-state index contributed by atoms with van der Waals surface area (Å²) in [6.45, 7) is 11.6. The Morgan fingerprint density at radius 1 is 1.18 bits per heavy atom. The molecule has 2 aromatic rings. The van der Waals surface area contributed by atoms with E-state index in [9.17, 15) is 24.3 Å². The van der Waals surface area contributed by atoms with Gasteiger partial charge in [-0.2, -0.15) is 0 Å². The summed E-state index contributed by atoms with van der Waals surface area (Å²) in [7, 11) is 1.50. The zero-order valence-electron chi connectivity index (χ0n) is 29.5. The maximum absolute atomic E-state index is 14.9. The molecule has 3 fully saturated rings. The van der Waals surface area contributed by atoms with Gasteiger partial charge in [0.25, 0.3) is 5.91 Å². The van der Waals surface area contributed by atoms with E-state index in [1.807, 2.05) is 50.2 Å². The second-order valence-electron chi connectivity index (χ2n) is 13.5. The Hall–Kier alpha value is -3.84. The number of likely N-dealkylation sites (tertiary alicyclic amines) is 1. The molecule has 11 nitrogen and oxygen atoms in total. The molecule has 1 unspecified atom stereocenters. The number of carbonyl (C=O) groups excluding carboxylic acids is 4. The quantitative estimate of drug-likeness (QED) is 0.138. The molecule has 0 radical (unpaired) electrons. The first-order valence-electron chi connectivity index (χ1n) is 17.4. The number of fused-ring (bicyclic) bond motifs is 1. The molecule has 274 valence electrons. The number of benzene rings is 2. The number of esters is 1. The van der Waals surface area contributed by atoms with Crippen molar-refractivity contribution in [1.29, 1.82) is 0 Å². The summed E-state index contributed by atoms with van der Waals surface area (Å²) < 4.78 is 18.5. The molecule has 3 aliphatic heterocycles. The molecule has 0 saturated carbocycles. The fraction of sp³-hybridized carbons (Fsp3) is 0.487. The molecule has 51 heavy (non-hydrogen) atoms. The lowest BCUT2D eigenvalue weighted by Crippen LogP contribution is -2.57. The molecule has 3 amide bonds. The van der Waals surface area contributed by atoms with Gasteiger partial charge in [-0.3, -0.25) is 19.2 Å². The minimum Gasteiger partial charge on any atom is -0.455 e. The molecule has 2 bridgehead atoms. The van der Waals surface area contributed by atoms with E-state index >= 15 is 0 Å². The van der Waals surface area contributed by atoms with Crippen LogP contribution < -0.4 is 10.2 Å². The van der Waals surface area contributed by atoms with Crippen LogP contribution >= 0.6 is 15.9 Å². The summed E-state index contributed by atoms with van der Waals surface area (Å²) in [6, 6.07) is 13.1. The highest BCUT2D eigenvalue weighted by Gasteiger charge is 2.77.